The number of nitrogens with two attached hydrogens (primary N) is 2. The van der Waals surface area contributed by atoms with Crippen molar-refractivity contribution < 1.29 is 14.9 Å². The molecule has 0 aromatic heterocycles. The molecule has 2 atom stereocenters. The van der Waals surface area contributed by atoms with Crippen molar-refractivity contribution in [1.82, 2.24) is 5.32 Å². The monoisotopic (exact) mass is 286 g/mol. The molecule has 5 nitrogen and oxygen atoms in total. The first-order valence-electron chi connectivity index (χ1n) is 6.92. The fourth-order valence-corrected chi connectivity index (χ4v) is 2.51. The molecule has 0 aliphatic heterocycles. The summed E-state index contributed by atoms with van der Waals surface area (Å²) in [6.07, 6.45) is 0. The van der Waals surface area contributed by atoms with Gasteiger partial charge in [0.1, 0.15) is 6.04 Å². The first kappa shape index (κ1) is 15.0. The number of hydrogen-bond acceptors (Lipinski definition) is 2. The normalized spacial score (nSPS) is 13.6. The predicted octanol–water partition coefficient (Wildman–Crippen LogP) is 1.05. The van der Waals surface area contributed by atoms with Crippen LogP contribution in [-0.2, 0) is 4.79 Å². The van der Waals surface area contributed by atoms with Crippen molar-refractivity contribution in [2.24, 2.45) is 5.73 Å². The van der Waals surface area contributed by atoms with Crippen LogP contribution in [0, 0.1) is 0 Å². The quantitative estimate of drug-likeness (QED) is 0.784. The summed E-state index contributed by atoms with van der Waals surface area (Å²) < 4.78 is 0. The van der Waals surface area contributed by atoms with E-state index < -0.39 is 12.1 Å². The minimum Gasteiger partial charge on any atom is -0.351 e. The minimum absolute atomic E-state index is 0.0877. The molecule has 21 heavy (non-hydrogen) atoms. The molecule has 0 saturated carbocycles. The Labute approximate surface area is 123 Å². The zero-order valence-electron chi connectivity index (χ0n) is 12.2. The molecule has 0 bridgehead atoms. The van der Waals surface area contributed by atoms with Crippen LogP contribution in [0.3, 0.4) is 0 Å². The molecule has 5 heteroatoms. The summed E-state index contributed by atoms with van der Waals surface area (Å²) >= 11 is 0. The Morgan fingerprint density at radius 3 is 2.48 bits per heavy atom. The van der Waals surface area contributed by atoms with Gasteiger partial charge in [0.25, 0.3) is 5.91 Å². The van der Waals surface area contributed by atoms with Gasteiger partial charge in [0.2, 0.25) is 0 Å². The van der Waals surface area contributed by atoms with E-state index in [1.165, 1.54) is 10.8 Å². The maximum Gasteiger partial charge on any atom is 0.319 e. The van der Waals surface area contributed by atoms with Crippen LogP contribution in [0.1, 0.15) is 25.5 Å². The van der Waals surface area contributed by atoms with Gasteiger partial charge in [-0.2, -0.15) is 0 Å². The topological polar surface area (TPSA) is 88.8 Å². The fourth-order valence-electron chi connectivity index (χ4n) is 2.51. The van der Waals surface area contributed by atoms with Crippen molar-refractivity contribution in [3.63, 3.8) is 0 Å². The van der Waals surface area contributed by atoms with Crippen LogP contribution in [0.2, 0.25) is 0 Å². The second-order valence-corrected chi connectivity index (χ2v) is 5.19. The SMILES string of the molecule is C[C@H]([NH2+][C@H](C)c1cccc2ccccc12)C(=O)NC(N)=O. The molecule has 0 fully saturated rings. The molecule has 3 amide bonds. The van der Waals surface area contributed by atoms with E-state index in [0.717, 1.165) is 5.56 Å². The van der Waals surface area contributed by atoms with Gasteiger partial charge in [-0.1, -0.05) is 42.5 Å². The number of nitrogens with one attached hydrogen (secondary N) is 1. The van der Waals surface area contributed by atoms with E-state index in [4.69, 9.17) is 5.73 Å². The van der Waals surface area contributed by atoms with Gasteiger partial charge < -0.3 is 11.1 Å². The largest absolute Gasteiger partial charge is 0.351 e. The standard InChI is InChI=1S/C16H19N3O2/c1-10(18-11(2)15(20)19-16(17)21)13-9-5-7-12-6-3-4-8-14(12)13/h3-11,18H,1-2H3,(H3,17,19,20,21)/p+1/t10-,11+/m1/s1. The molecule has 2 aromatic rings. The zero-order chi connectivity index (χ0) is 15.4. The molecular formula is C16H20N3O2+. The number of amides is 3. The third-order valence-electron chi connectivity index (χ3n) is 3.55. The number of benzene rings is 2. The Bertz CT molecular complexity index is 664. The van der Waals surface area contributed by atoms with Crippen molar-refractivity contribution >= 4 is 22.7 Å². The lowest BCUT2D eigenvalue weighted by molar-refractivity contribution is -0.710. The second kappa shape index (κ2) is 6.37. The molecule has 0 heterocycles. The molecule has 5 N–H and O–H groups in total. The highest BCUT2D eigenvalue weighted by Crippen LogP contribution is 2.22. The van der Waals surface area contributed by atoms with Crippen LogP contribution in [0.5, 0.6) is 0 Å². The van der Waals surface area contributed by atoms with Gasteiger partial charge in [0, 0.05) is 5.56 Å². The Balaban J connectivity index is 2.17. The zero-order valence-corrected chi connectivity index (χ0v) is 12.2. The molecule has 0 radical (unpaired) electrons. The maximum atomic E-state index is 11.7. The van der Waals surface area contributed by atoms with Crippen LogP contribution >= 0.6 is 0 Å². The van der Waals surface area contributed by atoms with Gasteiger partial charge >= 0.3 is 6.03 Å². The summed E-state index contributed by atoms with van der Waals surface area (Å²) in [7, 11) is 0. The molecule has 0 aliphatic rings. The van der Waals surface area contributed by atoms with Crippen LogP contribution in [0.15, 0.2) is 42.5 Å². The first-order chi connectivity index (χ1) is 9.99. The lowest BCUT2D eigenvalue weighted by Gasteiger charge is -2.17. The Hall–Kier alpha value is -2.40. The van der Waals surface area contributed by atoms with Crippen LogP contribution < -0.4 is 16.4 Å². The van der Waals surface area contributed by atoms with E-state index in [9.17, 15) is 9.59 Å². The Morgan fingerprint density at radius 1 is 1.10 bits per heavy atom. The molecule has 0 unspecified atom stereocenters. The molecule has 0 saturated heterocycles. The molecular weight excluding hydrogens is 266 g/mol. The smallest absolute Gasteiger partial charge is 0.319 e. The summed E-state index contributed by atoms with van der Waals surface area (Å²) in [4.78, 5) is 22.5. The highest BCUT2D eigenvalue weighted by atomic mass is 16.2. The number of fused-ring (bicyclic) bond motifs is 1. The predicted molar refractivity (Wildman–Crippen MR) is 81.5 cm³/mol. The number of quaternary nitrogens is 1. The summed E-state index contributed by atoms with van der Waals surface area (Å²) in [5.74, 6) is -0.380. The molecule has 110 valence electrons. The minimum atomic E-state index is -0.821. The van der Waals surface area contributed by atoms with E-state index >= 15 is 0 Å². The van der Waals surface area contributed by atoms with Crippen molar-refractivity contribution in [3.8, 4) is 0 Å². The summed E-state index contributed by atoms with van der Waals surface area (Å²) in [5, 5.41) is 6.37. The average Bonchev–Trinajstić information content (AvgIpc) is 2.45. The van der Waals surface area contributed by atoms with Crippen LogP contribution in [0.4, 0.5) is 4.79 Å². The number of primary amides is 1. The summed E-state index contributed by atoms with van der Waals surface area (Å²) in [6, 6.07) is 13.1. The van der Waals surface area contributed by atoms with E-state index in [1.807, 2.05) is 30.4 Å². The first-order valence-corrected chi connectivity index (χ1v) is 6.92. The average molecular weight is 286 g/mol. The van der Waals surface area contributed by atoms with Crippen molar-refractivity contribution in [3.05, 3.63) is 48.0 Å². The molecule has 0 aliphatic carbocycles. The van der Waals surface area contributed by atoms with Crippen LogP contribution in [-0.4, -0.2) is 18.0 Å². The molecule has 2 rings (SSSR count). The van der Waals surface area contributed by atoms with E-state index in [-0.39, 0.29) is 11.9 Å². The Kier molecular flexibility index (Phi) is 4.55. The number of carbonyl (C=O) groups is 2. The lowest BCUT2D eigenvalue weighted by Crippen LogP contribution is -2.92. The number of carbonyl (C=O) groups excluding carboxylic acids is 2. The number of imide groups is 1. The Morgan fingerprint density at radius 2 is 1.76 bits per heavy atom. The third kappa shape index (κ3) is 3.58. The van der Waals surface area contributed by atoms with E-state index in [0.29, 0.717) is 0 Å². The van der Waals surface area contributed by atoms with Gasteiger partial charge in [0.15, 0.2) is 6.04 Å². The molecule has 0 spiro atoms. The number of hydrogen-bond donors (Lipinski definition) is 3. The number of rotatable bonds is 4. The van der Waals surface area contributed by atoms with Crippen LogP contribution in [0.25, 0.3) is 10.8 Å². The molecule has 2 aromatic carbocycles. The van der Waals surface area contributed by atoms with Gasteiger partial charge in [-0.25, -0.2) is 4.79 Å². The van der Waals surface area contributed by atoms with Crippen molar-refractivity contribution in [2.75, 3.05) is 0 Å². The number of urea groups is 1. The third-order valence-corrected chi connectivity index (χ3v) is 3.55. The van der Waals surface area contributed by atoms with Gasteiger partial charge in [-0.15, -0.1) is 0 Å². The van der Waals surface area contributed by atoms with Gasteiger partial charge in [-0.05, 0) is 24.6 Å². The maximum absolute atomic E-state index is 11.7. The highest BCUT2D eigenvalue weighted by Gasteiger charge is 2.22. The lowest BCUT2D eigenvalue weighted by atomic mass is 9.99. The highest BCUT2D eigenvalue weighted by molar-refractivity contribution is 5.95. The summed E-state index contributed by atoms with van der Waals surface area (Å²) in [5.41, 5.74) is 6.12. The second-order valence-electron chi connectivity index (χ2n) is 5.19. The van der Waals surface area contributed by atoms with Gasteiger partial charge in [-0.3, -0.25) is 10.1 Å². The van der Waals surface area contributed by atoms with E-state index in [2.05, 4.69) is 29.6 Å². The van der Waals surface area contributed by atoms with E-state index in [1.54, 1.807) is 6.92 Å². The van der Waals surface area contributed by atoms with Crippen molar-refractivity contribution in [2.45, 2.75) is 25.9 Å². The fraction of sp³-hybridized carbons (Fsp3) is 0.250. The van der Waals surface area contributed by atoms with Gasteiger partial charge in [0.05, 0.1) is 0 Å². The summed E-state index contributed by atoms with van der Waals surface area (Å²) in [6.45, 7) is 3.79. The van der Waals surface area contributed by atoms with Crippen molar-refractivity contribution in [1.29, 1.82) is 0 Å².